The van der Waals surface area contributed by atoms with Crippen molar-refractivity contribution in [3.8, 4) is 45.0 Å². The largest absolute Gasteiger partial charge is 0.456 e. The molecular weight excluding hydrogens is 548 g/mol. The molecular formula is C42H26N2O. The fourth-order valence-electron chi connectivity index (χ4n) is 5.81. The summed E-state index contributed by atoms with van der Waals surface area (Å²) in [7, 11) is 0. The fraction of sp³-hybridized carbons (Fsp3) is 0. The highest BCUT2D eigenvalue weighted by Crippen LogP contribution is 2.38. The third kappa shape index (κ3) is 4.45. The summed E-state index contributed by atoms with van der Waals surface area (Å²) in [5, 5.41) is 4.23. The summed E-state index contributed by atoms with van der Waals surface area (Å²) < 4.78 is 90.3. The number of furan rings is 1. The van der Waals surface area contributed by atoms with Gasteiger partial charge in [-0.05, 0) is 69.0 Å². The van der Waals surface area contributed by atoms with Gasteiger partial charge in [0.1, 0.15) is 11.2 Å². The van der Waals surface area contributed by atoms with Crippen LogP contribution in [0.15, 0.2) is 162 Å². The first-order valence-electron chi connectivity index (χ1n) is 19.3. The number of benzene rings is 7. The van der Waals surface area contributed by atoms with Gasteiger partial charge in [0.2, 0.25) is 0 Å². The third-order valence-electron chi connectivity index (χ3n) is 8.00. The second kappa shape index (κ2) is 10.3. The lowest BCUT2D eigenvalue weighted by Gasteiger charge is -2.12. The molecule has 0 N–H and O–H groups in total. The first kappa shape index (κ1) is 17.3. The lowest BCUT2D eigenvalue weighted by atomic mass is 9.98. The lowest BCUT2D eigenvalue weighted by Crippen LogP contribution is -1.96. The van der Waals surface area contributed by atoms with Gasteiger partial charge in [0.25, 0.3) is 0 Å². The summed E-state index contributed by atoms with van der Waals surface area (Å²) >= 11 is 0. The Morgan fingerprint density at radius 1 is 0.467 bits per heavy atom. The average molecular weight is 585 g/mol. The maximum atomic E-state index is 9.10. The molecule has 3 nitrogen and oxygen atoms in total. The second-order valence-electron chi connectivity index (χ2n) is 10.7. The highest BCUT2D eigenvalue weighted by molar-refractivity contribution is 6.11. The van der Waals surface area contributed by atoms with Gasteiger partial charge in [0, 0.05) is 27.5 Å². The van der Waals surface area contributed by atoms with E-state index in [2.05, 4.69) is 0 Å². The van der Waals surface area contributed by atoms with Gasteiger partial charge in [-0.1, -0.05) is 121 Å². The number of nitrogens with zero attached hydrogens (tertiary/aromatic N) is 2. The Bertz CT molecular complexity index is 3090. The number of hydrogen-bond donors (Lipinski definition) is 0. The minimum atomic E-state index is -0.459. The topological polar surface area (TPSA) is 38.9 Å². The monoisotopic (exact) mass is 584 g/mol. The van der Waals surface area contributed by atoms with E-state index >= 15 is 0 Å². The highest BCUT2D eigenvalue weighted by Gasteiger charge is 2.17. The minimum Gasteiger partial charge on any atom is -0.456 e. The maximum Gasteiger partial charge on any atom is 0.161 e. The predicted octanol–water partition coefficient (Wildman–Crippen LogP) is 11.4. The zero-order chi connectivity index (χ0) is 38.4. The number of aromatic nitrogens is 2. The van der Waals surface area contributed by atoms with Gasteiger partial charge in [-0.15, -0.1) is 0 Å². The zero-order valence-electron chi connectivity index (χ0n) is 33.5. The molecule has 0 radical (unpaired) electrons. The van der Waals surface area contributed by atoms with Crippen molar-refractivity contribution in [3.05, 3.63) is 157 Å². The molecule has 0 aliphatic rings. The molecule has 0 aliphatic heterocycles. The Balaban J connectivity index is 1.30. The van der Waals surface area contributed by atoms with Crippen LogP contribution in [0.1, 0.15) is 13.7 Å². The van der Waals surface area contributed by atoms with Gasteiger partial charge in [-0.3, -0.25) is 0 Å². The van der Waals surface area contributed by atoms with Crippen LogP contribution >= 0.6 is 0 Å². The van der Waals surface area contributed by atoms with Crippen LogP contribution < -0.4 is 0 Å². The van der Waals surface area contributed by atoms with Crippen molar-refractivity contribution in [1.82, 2.24) is 9.97 Å². The lowest BCUT2D eigenvalue weighted by molar-refractivity contribution is 0.669. The summed E-state index contributed by atoms with van der Waals surface area (Å²) in [6.07, 6.45) is 0. The summed E-state index contributed by atoms with van der Waals surface area (Å²) in [5.74, 6) is 0.152. The second-order valence-corrected chi connectivity index (χ2v) is 10.7. The summed E-state index contributed by atoms with van der Waals surface area (Å²) in [6, 6.07) is 26.7. The minimum absolute atomic E-state index is 0.0340. The molecule has 0 saturated heterocycles. The fourth-order valence-corrected chi connectivity index (χ4v) is 5.81. The SMILES string of the molecule is [2H]c1cc2c(oc3c([2H])cc([2H])c(-c4nc(-c5ccc6ccccc6c5)cc(-c5ccc6ccc(-c7c([2H])c([2H])c([2H])c([2H])c7[2H])cc6c5)n4)c32)c([2H])c1[2H]. The van der Waals surface area contributed by atoms with E-state index in [1.807, 2.05) is 72.8 Å². The van der Waals surface area contributed by atoms with Crippen LogP contribution in [0, 0.1) is 0 Å². The molecule has 0 bridgehead atoms. The van der Waals surface area contributed by atoms with Crippen LogP contribution in [0.2, 0.25) is 0 Å². The van der Waals surface area contributed by atoms with Crippen LogP contribution in [0.25, 0.3) is 88.5 Å². The maximum absolute atomic E-state index is 9.10. The molecule has 0 atom stereocenters. The van der Waals surface area contributed by atoms with Crippen molar-refractivity contribution < 1.29 is 18.1 Å². The predicted molar refractivity (Wildman–Crippen MR) is 186 cm³/mol. The molecule has 0 amide bonds. The van der Waals surface area contributed by atoms with Gasteiger partial charge in [-0.25, -0.2) is 9.97 Å². The Morgan fingerprint density at radius 2 is 1.13 bits per heavy atom. The summed E-state index contributed by atoms with van der Waals surface area (Å²) in [4.78, 5) is 10.0. The average Bonchev–Trinajstić information content (AvgIpc) is 3.57. The van der Waals surface area contributed by atoms with Crippen LogP contribution in [-0.4, -0.2) is 9.97 Å². The molecule has 0 spiro atoms. The van der Waals surface area contributed by atoms with Crippen molar-refractivity contribution in [1.29, 1.82) is 0 Å². The Morgan fingerprint density at radius 3 is 1.93 bits per heavy atom. The summed E-state index contributed by atoms with van der Waals surface area (Å²) in [6.45, 7) is 0. The van der Waals surface area contributed by atoms with Crippen molar-refractivity contribution in [3.63, 3.8) is 0 Å². The normalized spacial score (nSPS) is 14.7. The zero-order valence-corrected chi connectivity index (χ0v) is 23.5. The Labute approximate surface area is 274 Å². The van der Waals surface area contributed by atoms with Gasteiger partial charge in [0.15, 0.2) is 5.82 Å². The van der Waals surface area contributed by atoms with E-state index in [0.717, 1.165) is 27.1 Å². The van der Waals surface area contributed by atoms with Crippen molar-refractivity contribution in [2.24, 2.45) is 0 Å². The van der Waals surface area contributed by atoms with Gasteiger partial charge in [0.05, 0.1) is 25.1 Å². The van der Waals surface area contributed by atoms with Crippen molar-refractivity contribution in [2.45, 2.75) is 0 Å². The molecule has 210 valence electrons. The van der Waals surface area contributed by atoms with Crippen LogP contribution in [0.4, 0.5) is 0 Å². The van der Waals surface area contributed by atoms with E-state index in [0.29, 0.717) is 33.3 Å². The highest BCUT2D eigenvalue weighted by atomic mass is 16.3. The van der Waals surface area contributed by atoms with E-state index in [9.17, 15) is 0 Å². The van der Waals surface area contributed by atoms with E-state index in [-0.39, 0.29) is 70.4 Å². The van der Waals surface area contributed by atoms with Crippen LogP contribution in [-0.2, 0) is 0 Å². The molecule has 2 aromatic heterocycles. The van der Waals surface area contributed by atoms with E-state index < -0.39 is 18.1 Å². The van der Waals surface area contributed by atoms with E-state index in [1.165, 1.54) is 12.1 Å². The molecule has 9 aromatic rings. The molecule has 2 heterocycles. The Kier molecular flexibility index (Phi) is 3.95. The molecule has 45 heavy (non-hydrogen) atoms. The van der Waals surface area contributed by atoms with E-state index in [4.69, 9.17) is 28.1 Å². The van der Waals surface area contributed by atoms with Gasteiger partial charge < -0.3 is 4.42 Å². The van der Waals surface area contributed by atoms with Crippen LogP contribution in [0.5, 0.6) is 0 Å². The molecule has 0 aliphatic carbocycles. The Hall–Kier alpha value is -6.06. The number of rotatable bonds is 4. The summed E-state index contributed by atoms with van der Waals surface area (Å²) in [5.41, 5.74) is 3.43. The van der Waals surface area contributed by atoms with E-state index in [1.54, 1.807) is 12.1 Å². The smallest absolute Gasteiger partial charge is 0.161 e. The van der Waals surface area contributed by atoms with Gasteiger partial charge in [-0.2, -0.15) is 0 Å². The van der Waals surface area contributed by atoms with Gasteiger partial charge >= 0.3 is 0 Å². The quantitative estimate of drug-likeness (QED) is 0.207. The molecule has 3 heteroatoms. The van der Waals surface area contributed by atoms with Crippen LogP contribution in [0.3, 0.4) is 0 Å². The molecule has 7 aromatic carbocycles. The standard InChI is InChI=1S/C42H26N2O/c1-2-9-27(10-3-1)31-20-17-29-19-22-33(25-34(29)24-31)38-26-37(32-21-18-28-11-4-5-12-30(28)23-32)43-42(44-38)36-14-8-16-40-41(36)35-13-6-7-15-39(35)45-40/h1-26H/i1D,2D,3D,6D,7D,9D,10D,14D,15D,16D. The number of hydrogen-bond acceptors (Lipinski definition) is 3. The molecule has 9 rings (SSSR count). The van der Waals surface area contributed by atoms with Crippen molar-refractivity contribution in [2.75, 3.05) is 0 Å². The third-order valence-corrected chi connectivity index (χ3v) is 8.00. The molecule has 0 saturated carbocycles. The molecule has 0 fully saturated rings. The first-order valence-corrected chi connectivity index (χ1v) is 14.3. The van der Waals surface area contributed by atoms with Crippen molar-refractivity contribution >= 4 is 43.5 Å². The number of fused-ring (bicyclic) bond motifs is 5. The number of para-hydroxylation sites is 1. The first-order chi connectivity index (χ1) is 26.4. The molecule has 0 unspecified atom stereocenters.